The van der Waals surface area contributed by atoms with Crippen molar-refractivity contribution in [2.45, 2.75) is 12.8 Å². The third kappa shape index (κ3) is 6.79. The first kappa shape index (κ1) is 24.7. The van der Waals surface area contributed by atoms with E-state index in [0.29, 0.717) is 11.3 Å². The lowest BCUT2D eigenvalue weighted by atomic mass is 10.2. The molecule has 0 spiro atoms. The van der Waals surface area contributed by atoms with Gasteiger partial charge in [-0.2, -0.15) is 18.3 Å². The quantitative estimate of drug-likeness (QED) is 0.215. The Bertz CT molecular complexity index is 1180. The number of carbonyl (C=O) groups excluding carboxylic acids is 2. The van der Waals surface area contributed by atoms with Crippen molar-refractivity contribution in [2.24, 2.45) is 5.10 Å². The molecule has 0 atom stereocenters. The van der Waals surface area contributed by atoms with Gasteiger partial charge in [0, 0.05) is 11.3 Å². The zero-order valence-corrected chi connectivity index (χ0v) is 18.0. The molecule has 0 aliphatic carbocycles. The molecule has 11 heteroatoms. The molecule has 0 bridgehead atoms. The summed E-state index contributed by atoms with van der Waals surface area (Å²) >= 11 is 5.95. The Morgan fingerprint density at radius 2 is 1.65 bits per heavy atom. The molecule has 2 N–H and O–H groups in total. The number of nitrogens with one attached hydrogen (secondary N) is 2. The van der Waals surface area contributed by atoms with Crippen molar-refractivity contribution in [1.82, 2.24) is 5.43 Å². The molecule has 0 aliphatic rings. The van der Waals surface area contributed by atoms with Crippen LogP contribution in [0.1, 0.15) is 16.7 Å². The summed E-state index contributed by atoms with van der Waals surface area (Å²) in [4.78, 5) is 23.7. The van der Waals surface area contributed by atoms with Gasteiger partial charge in [0.15, 0.2) is 0 Å². The van der Waals surface area contributed by atoms with Crippen molar-refractivity contribution < 1.29 is 31.9 Å². The van der Waals surface area contributed by atoms with Gasteiger partial charge in [0.05, 0.1) is 16.8 Å². The van der Waals surface area contributed by atoms with Crippen LogP contribution in [0.3, 0.4) is 0 Å². The van der Waals surface area contributed by atoms with E-state index in [1.165, 1.54) is 18.3 Å². The molecule has 0 fully saturated rings. The standard InChI is InChI=1S/C23H16ClF4N3O3/c24-19-2-1-3-20(25)18(19)13-34-17-10-4-14(5-11-17)12-29-31-22(33)21(32)30-16-8-6-15(7-9-16)23(26,27)28/h1-12H,13H2,(H,30,32)(H,31,33)/b29-12+. The first-order valence-corrected chi connectivity index (χ1v) is 9.98. The maximum absolute atomic E-state index is 13.8. The molecule has 3 aromatic rings. The first-order valence-electron chi connectivity index (χ1n) is 9.61. The number of hydrogen-bond acceptors (Lipinski definition) is 4. The zero-order chi connectivity index (χ0) is 24.7. The third-order valence-corrected chi connectivity index (χ3v) is 4.74. The van der Waals surface area contributed by atoms with Gasteiger partial charge in [-0.25, -0.2) is 9.82 Å². The van der Waals surface area contributed by atoms with Crippen LogP contribution in [0, 0.1) is 5.82 Å². The Balaban J connectivity index is 1.48. The van der Waals surface area contributed by atoms with Gasteiger partial charge in [-0.05, 0) is 66.2 Å². The number of carbonyl (C=O) groups is 2. The van der Waals surface area contributed by atoms with Crippen molar-refractivity contribution >= 4 is 35.3 Å². The molecule has 176 valence electrons. The molecule has 0 saturated carbocycles. The number of ether oxygens (including phenoxy) is 1. The maximum atomic E-state index is 13.8. The largest absolute Gasteiger partial charge is 0.489 e. The highest BCUT2D eigenvalue weighted by Gasteiger charge is 2.30. The van der Waals surface area contributed by atoms with Crippen molar-refractivity contribution in [3.63, 3.8) is 0 Å². The van der Waals surface area contributed by atoms with Gasteiger partial charge in [0.2, 0.25) is 0 Å². The highest BCUT2D eigenvalue weighted by atomic mass is 35.5. The number of hydrogen-bond donors (Lipinski definition) is 2. The summed E-state index contributed by atoms with van der Waals surface area (Å²) in [5.74, 6) is -2.25. The minimum atomic E-state index is -4.51. The average Bonchev–Trinajstić information content (AvgIpc) is 2.79. The van der Waals surface area contributed by atoms with Gasteiger partial charge in [-0.15, -0.1) is 0 Å². The Kier molecular flexibility index (Phi) is 7.85. The SMILES string of the molecule is O=C(N/N=C/c1ccc(OCc2c(F)cccc2Cl)cc1)C(=O)Nc1ccc(C(F)(F)F)cc1. The normalized spacial score (nSPS) is 11.3. The smallest absolute Gasteiger partial charge is 0.416 e. The maximum Gasteiger partial charge on any atom is 0.416 e. The van der Waals surface area contributed by atoms with Gasteiger partial charge in [-0.1, -0.05) is 17.7 Å². The minimum absolute atomic E-state index is 0.0180. The molecule has 0 heterocycles. The van der Waals surface area contributed by atoms with Crippen molar-refractivity contribution in [2.75, 3.05) is 5.32 Å². The van der Waals surface area contributed by atoms with Gasteiger partial charge >= 0.3 is 18.0 Å². The molecular formula is C23H16ClF4N3O3. The van der Waals surface area contributed by atoms with E-state index >= 15 is 0 Å². The Morgan fingerprint density at radius 1 is 0.971 bits per heavy atom. The zero-order valence-electron chi connectivity index (χ0n) is 17.2. The molecule has 0 unspecified atom stereocenters. The number of rotatable bonds is 6. The van der Waals surface area contributed by atoms with Crippen LogP contribution in [-0.2, 0) is 22.4 Å². The molecule has 3 rings (SSSR count). The van der Waals surface area contributed by atoms with Gasteiger partial charge in [0.25, 0.3) is 0 Å². The summed E-state index contributed by atoms with van der Waals surface area (Å²) in [6.45, 7) is -0.0664. The topological polar surface area (TPSA) is 79.8 Å². The van der Waals surface area contributed by atoms with Crippen LogP contribution in [0.4, 0.5) is 23.2 Å². The number of nitrogens with zero attached hydrogens (tertiary/aromatic N) is 1. The predicted octanol–water partition coefficient (Wildman–Crippen LogP) is 5.17. The number of anilines is 1. The number of alkyl halides is 3. The highest BCUT2D eigenvalue weighted by molar-refractivity contribution is 6.39. The summed E-state index contributed by atoms with van der Waals surface area (Å²) in [5.41, 5.74) is 1.93. The summed E-state index contributed by atoms with van der Waals surface area (Å²) in [6, 6.07) is 14.3. The minimum Gasteiger partial charge on any atom is -0.489 e. The van der Waals surface area contributed by atoms with Gasteiger partial charge in [-0.3, -0.25) is 9.59 Å². The van der Waals surface area contributed by atoms with E-state index in [1.807, 2.05) is 5.43 Å². The lowest BCUT2D eigenvalue weighted by Crippen LogP contribution is -2.32. The third-order valence-electron chi connectivity index (χ3n) is 4.38. The second-order valence-corrected chi connectivity index (χ2v) is 7.19. The number of halogens is 5. The predicted molar refractivity (Wildman–Crippen MR) is 118 cm³/mol. The van der Waals surface area contributed by atoms with Crippen LogP contribution in [-0.4, -0.2) is 18.0 Å². The van der Waals surface area contributed by atoms with Gasteiger partial charge < -0.3 is 10.1 Å². The highest BCUT2D eigenvalue weighted by Crippen LogP contribution is 2.29. The first-order chi connectivity index (χ1) is 16.1. The van der Waals surface area contributed by atoms with E-state index in [1.54, 1.807) is 30.3 Å². The van der Waals surface area contributed by atoms with Crippen LogP contribution in [0.5, 0.6) is 5.75 Å². The number of hydrazone groups is 1. The van der Waals surface area contributed by atoms with Crippen LogP contribution in [0.25, 0.3) is 0 Å². The van der Waals surface area contributed by atoms with E-state index in [9.17, 15) is 27.2 Å². The lowest BCUT2D eigenvalue weighted by Gasteiger charge is -2.09. The molecule has 3 aromatic carbocycles. The Morgan fingerprint density at radius 3 is 2.26 bits per heavy atom. The van der Waals surface area contributed by atoms with Crippen molar-refractivity contribution in [1.29, 1.82) is 0 Å². The molecule has 2 amide bonds. The Labute approximate surface area is 196 Å². The van der Waals surface area contributed by atoms with Crippen molar-refractivity contribution in [3.8, 4) is 5.75 Å². The van der Waals surface area contributed by atoms with E-state index in [4.69, 9.17) is 16.3 Å². The fraction of sp³-hybridized carbons (Fsp3) is 0.0870. The van der Waals surface area contributed by atoms with E-state index < -0.39 is 29.4 Å². The Hall–Kier alpha value is -3.92. The number of benzene rings is 3. The lowest BCUT2D eigenvalue weighted by molar-refractivity contribution is -0.137. The van der Waals surface area contributed by atoms with Crippen molar-refractivity contribution in [3.05, 3.63) is 94.3 Å². The second-order valence-electron chi connectivity index (χ2n) is 6.79. The van der Waals surface area contributed by atoms with Gasteiger partial charge in [0.1, 0.15) is 18.2 Å². The fourth-order valence-corrected chi connectivity index (χ4v) is 2.84. The molecule has 0 saturated heterocycles. The van der Waals surface area contributed by atoms with Crippen LogP contribution < -0.4 is 15.5 Å². The molecule has 34 heavy (non-hydrogen) atoms. The van der Waals surface area contributed by atoms with Crippen LogP contribution in [0.2, 0.25) is 5.02 Å². The molecule has 6 nitrogen and oxygen atoms in total. The summed E-state index contributed by atoms with van der Waals surface area (Å²) in [5, 5.41) is 6.07. The molecule has 0 radical (unpaired) electrons. The molecule has 0 aromatic heterocycles. The van der Waals surface area contributed by atoms with E-state index in [2.05, 4.69) is 10.4 Å². The van der Waals surface area contributed by atoms with Crippen LogP contribution >= 0.6 is 11.6 Å². The van der Waals surface area contributed by atoms with Crippen LogP contribution in [0.15, 0.2) is 71.8 Å². The second kappa shape index (κ2) is 10.8. The summed E-state index contributed by atoms with van der Waals surface area (Å²) in [6.07, 6.45) is -3.24. The monoisotopic (exact) mass is 493 g/mol. The fourth-order valence-electron chi connectivity index (χ4n) is 2.62. The summed E-state index contributed by atoms with van der Waals surface area (Å²) in [7, 11) is 0. The molecular weight excluding hydrogens is 478 g/mol. The van der Waals surface area contributed by atoms with E-state index in [0.717, 1.165) is 24.3 Å². The number of amides is 2. The average molecular weight is 494 g/mol. The summed E-state index contributed by atoms with van der Waals surface area (Å²) < 4.78 is 57.0. The molecule has 0 aliphatic heterocycles. The van der Waals surface area contributed by atoms with E-state index in [-0.39, 0.29) is 22.9 Å².